The summed E-state index contributed by atoms with van der Waals surface area (Å²) in [5, 5.41) is 0.933. The Morgan fingerprint density at radius 3 is 2.87 bits per heavy atom. The van der Waals surface area contributed by atoms with E-state index in [9.17, 15) is 0 Å². The molecule has 78 valence electrons. The second-order valence-electron chi connectivity index (χ2n) is 3.59. The lowest BCUT2D eigenvalue weighted by molar-refractivity contribution is 0.245. The third-order valence-electron chi connectivity index (χ3n) is 1.96. The fraction of sp³-hybridized carbons (Fsp3) is 0.273. The molecular formula is C11H13N3O. The molecule has 0 fully saturated rings. The highest BCUT2D eigenvalue weighted by Crippen LogP contribution is 2.24. The molecular weight excluding hydrogens is 190 g/mol. The number of nitrogen functional groups attached to an aromatic ring is 1. The van der Waals surface area contributed by atoms with Crippen molar-refractivity contribution in [2.75, 3.05) is 5.73 Å². The number of hydrogen-bond acceptors (Lipinski definition) is 4. The van der Waals surface area contributed by atoms with Gasteiger partial charge in [0.15, 0.2) is 0 Å². The number of nitrogens with zero attached hydrogens (tertiary/aromatic N) is 2. The number of aromatic nitrogens is 2. The third-order valence-corrected chi connectivity index (χ3v) is 1.96. The average Bonchev–Trinajstić information content (AvgIpc) is 2.18. The van der Waals surface area contributed by atoms with E-state index < -0.39 is 0 Å². The molecule has 1 aromatic carbocycles. The molecule has 4 heteroatoms. The van der Waals surface area contributed by atoms with Crippen molar-refractivity contribution in [1.29, 1.82) is 0 Å². The van der Waals surface area contributed by atoms with E-state index in [1.54, 1.807) is 6.20 Å². The maximum Gasteiger partial charge on any atom is 0.220 e. The van der Waals surface area contributed by atoms with Crippen LogP contribution in [0.4, 0.5) is 5.95 Å². The van der Waals surface area contributed by atoms with Gasteiger partial charge in [0.2, 0.25) is 5.95 Å². The van der Waals surface area contributed by atoms with E-state index >= 15 is 0 Å². The lowest BCUT2D eigenvalue weighted by Gasteiger charge is -2.11. The van der Waals surface area contributed by atoms with Gasteiger partial charge in [-0.15, -0.1) is 0 Å². The van der Waals surface area contributed by atoms with Crippen molar-refractivity contribution >= 4 is 16.9 Å². The van der Waals surface area contributed by atoms with E-state index in [2.05, 4.69) is 9.97 Å². The van der Waals surface area contributed by atoms with Crippen molar-refractivity contribution < 1.29 is 4.74 Å². The zero-order valence-electron chi connectivity index (χ0n) is 8.77. The number of para-hydroxylation sites is 1. The zero-order chi connectivity index (χ0) is 10.8. The normalized spacial score (nSPS) is 10.9. The van der Waals surface area contributed by atoms with Crippen molar-refractivity contribution in [2.24, 2.45) is 0 Å². The Labute approximate surface area is 88.1 Å². The zero-order valence-corrected chi connectivity index (χ0v) is 8.77. The average molecular weight is 203 g/mol. The highest BCUT2D eigenvalue weighted by Gasteiger charge is 2.05. The van der Waals surface area contributed by atoms with Crippen molar-refractivity contribution in [3.63, 3.8) is 0 Å². The molecule has 0 atom stereocenters. The summed E-state index contributed by atoms with van der Waals surface area (Å²) in [6, 6.07) is 5.73. The van der Waals surface area contributed by atoms with Gasteiger partial charge >= 0.3 is 0 Å². The fourth-order valence-corrected chi connectivity index (χ4v) is 1.39. The minimum atomic E-state index is 0.117. The van der Waals surface area contributed by atoms with Crippen LogP contribution in [0.15, 0.2) is 24.4 Å². The molecule has 4 nitrogen and oxygen atoms in total. The summed E-state index contributed by atoms with van der Waals surface area (Å²) >= 11 is 0. The van der Waals surface area contributed by atoms with Gasteiger partial charge in [-0.3, -0.25) is 0 Å². The molecule has 2 N–H and O–H groups in total. The van der Waals surface area contributed by atoms with Gasteiger partial charge < -0.3 is 10.5 Å². The molecule has 0 aliphatic rings. The minimum Gasteiger partial charge on any atom is -0.489 e. The minimum absolute atomic E-state index is 0.117. The molecule has 0 aliphatic heterocycles. The van der Waals surface area contributed by atoms with Crippen LogP contribution >= 0.6 is 0 Å². The second-order valence-corrected chi connectivity index (χ2v) is 3.59. The first-order chi connectivity index (χ1) is 7.16. The van der Waals surface area contributed by atoms with Gasteiger partial charge in [0.1, 0.15) is 11.3 Å². The first-order valence-corrected chi connectivity index (χ1v) is 4.84. The molecule has 1 heterocycles. The van der Waals surface area contributed by atoms with Crippen LogP contribution in [0.25, 0.3) is 10.9 Å². The van der Waals surface area contributed by atoms with Crippen molar-refractivity contribution in [3.05, 3.63) is 24.4 Å². The summed E-state index contributed by atoms with van der Waals surface area (Å²) in [6.07, 6.45) is 1.82. The summed E-state index contributed by atoms with van der Waals surface area (Å²) in [5.41, 5.74) is 6.31. The van der Waals surface area contributed by atoms with Crippen molar-refractivity contribution in [3.8, 4) is 5.75 Å². The van der Waals surface area contributed by atoms with Gasteiger partial charge in [0.25, 0.3) is 0 Å². The molecule has 0 spiro atoms. The fourth-order valence-electron chi connectivity index (χ4n) is 1.39. The maximum atomic E-state index is 5.64. The lowest BCUT2D eigenvalue weighted by Crippen LogP contribution is -2.06. The highest BCUT2D eigenvalue weighted by atomic mass is 16.5. The number of rotatable bonds is 2. The van der Waals surface area contributed by atoms with Gasteiger partial charge in [-0.1, -0.05) is 12.1 Å². The van der Waals surface area contributed by atoms with E-state index in [4.69, 9.17) is 10.5 Å². The van der Waals surface area contributed by atoms with E-state index in [0.29, 0.717) is 0 Å². The first-order valence-electron chi connectivity index (χ1n) is 4.84. The van der Waals surface area contributed by atoms with Crippen LogP contribution in [0.2, 0.25) is 0 Å². The molecule has 0 bridgehead atoms. The summed E-state index contributed by atoms with van der Waals surface area (Å²) in [5.74, 6) is 1.01. The molecule has 2 rings (SSSR count). The quantitative estimate of drug-likeness (QED) is 0.810. The van der Waals surface area contributed by atoms with E-state index in [-0.39, 0.29) is 12.1 Å². The third kappa shape index (κ3) is 1.98. The maximum absolute atomic E-state index is 5.64. The summed E-state index contributed by atoms with van der Waals surface area (Å²) in [7, 11) is 0. The Morgan fingerprint density at radius 2 is 2.13 bits per heavy atom. The smallest absolute Gasteiger partial charge is 0.220 e. The van der Waals surface area contributed by atoms with Gasteiger partial charge in [0.05, 0.1) is 6.10 Å². The van der Waals surface area contributed by atoms with E-state index in [0.717, 1.165) is 16.7 Å². The van der Waals surface area contributed by atoms with Gasteiger partial charge in [-0.05, 0) is 19.9 Å². The standard InChI is InChI=1S/C11H13N3O/c1-7(2)15-9-5-3-4-8-6-13-11(12)14-10(8)9/h3-7H,1-2H3,(H2,12,13,14). The molecule has 0 unspecified atom stereocenters. The van der Waals surface area contributed by atoms with E-state index in [1.165, 1.54) is 0 Å². The Bertz CT molecular complexity index is 482. The Kier molecular flexibility index (Phi) is 2.41. The van der Waals surface area contributed by atoms with Crippen LogP contribution < -0.4 is 10.5 Å². The van der Waals surface area contributed by atoms with Crippen LogP contribution in [-0.4, -0.2) is 16.1 Å². The lowest BCUT2D eigenvalue weighted by atomic mass is 10.2. The Morgan fingerprint density at radius 1 is 1.33 bits per heavy atom. The second kappa shape index (κ2) is 3.73. The predicted molar refractivity (Wildman–Crippen MR) is 59.7 cm³/mol. The monoisotopic (exact) mass is 203 g/mol. The topological polar surface area (TPSA) is 61.0 Å². The highest BCUT2D eigenvalue weighted by molar-refractivity contribution is 5.84. The number of fused-ring (bicyclic) bond motifs is 1. The summed E-state index contributed by atoms with van der Waals surface area (Å²) in [4.78, 5) is 8.11. The molecule has 0 radical (unpaired) electrons. The van der Waals surface area contributed by atoms with Crippen LogP contribution in [-0.2, 0) is 0 Å². The summed E-state index contributed by atoms with van der Waals surface area (Å²) in [6.45, 7) is 3.95. The van der Waals surface area contributed by atoms with Crippen LogP contribution in [0.5, 0.6) is 5.75 Å². The molecule has 0 saturated carbocycles. The van der Waals surface area contributed by atoms with Crippen LogP contribution in [0, 0.1) is 0 Å². The predicted octanol–water partition coefficient (Wildman–Crippen LogP) is 2.00. The number of anilines is 1. The molecule has 1 aromatic heterocycles. The number of nitrogens with two attached hydrogens (primary N) is 1. The molecule has 0 saturated heterocycles. The van der Waals surface area contributed by atoms with Gasteiger partial charge in [-0.25, -0.2) is 9.97 Å². The number of ether oxygens (including phenoxy) is 1. The van der Waals surface area contributed by atoms with Crippen LogP contribution in [0.1, 0.15) is 13.8 Å². The molecule has 2 aromatic rings. The van der Waals surface area contributed by atoms with Gasteiger partial charge in [0, 0.05) is 11.6 Å². The SMILES string of the molecule is CC(C)Oc1cccc2cnc(N)nc12. The van der Waals surface area contributed by atoms with Gasteiger partial charge in [-0.2, -0.15) is 0 Å². The molecule has 0 aliphatic carbocycles. The first kappa shape index (κ1) is 9.71. The largest absolute Gasteiger partial charge is 0.489 e. The van der Waals surface area contributed by atoms with E-state index in [1.807, 2.05) is 32.0 Å². The number of hydrogen-bond donors (Lipinski definition) is 1. The summed E-state index contributed by atoms with van der Waals surface area (Å²) < 4.78 is 5.64. The van der Waals surface area contributed by atoms with Crippen molar-refractivity contribution in [1.82, 2.24) is 9.97 Å². The Hall–Kier alpha value is -1.84. The molecule has 0 amide bonds. The van der Waals surface area contributed by atoms with Crippen LogP contribution in [0.3, 0.4) is 0 Å². The van der Waals surface area contributed by atoms with Crippen molar-refractivity contribution in [2.45, 2.75) is 20.0 Å². The number of benzene rings is 1. The Balaban J connectivity index is 2.58. The molecule has 15 heavy (non-hydrogen) atoms.